The van der Waals surface area contributed by atoms with E-state index in [1.54, 1.807) is 10.8 Å². The lowest BCUT2D eigenvalue weighted by Gasteiger charge is -2.13. The Labute approximate surface area is 51.3 Å². The lowest BCUT2D eigenvalue weighted by atomic mass is 10.3. The maximum Gasteiger partial charge on any atom is 0.0647 e. The van der Waals surface area contributed by atoms with Crippen molar-refractivity contribution in [3.63, 3.8) is 0 Å². The van der Waals surface area contributed by atoms with Gasteiger partial charge in [-0.05, 0) is 6.42 Å². The van der Waals surface area contributed by atoms with E-state index in [9.17, 15) is 0 Å². The zero-order valence-corrected chi connectivity index (χ0v) is 5.60. The maximum absolute atomic E-state index is 8.88. The van der Waals surface area contributed by atoms with Crippen LogP contribution in [-0.2, 0) is 0 Å². The van der Waals surface area contributed by atoms with Crippen LogP contribution in [0, 0.1) is 0 Å². The van der Waals surface area contributed by atoms with Gasteiger partial charge in [-0.2, -0.15) is 0 Å². The van der Waals surface area contributed by atoms with Gasteiger partial charge in [0.1, 0.15) is 0 Å². The van der Waals surface area contributed by atoms with Crippen molar-refractivity contribution < 1.29 is 5.11 Å². The molecule has 1 nitrogen and oxygen atoms in total. The first-order valence-corrected chi connectivity index (χ1v) is 4.81. The molecule has 0 aromatic heterocycles. The highest BCUT2D eigenvalue weighted by Crippen LogP contribution is 2.28. The Bertz CT molecular complexity index is 51.7. The van der Waals surface area contributed by atoms with Crippen LogP contribution in [0.4, 0.5) is 0 Å². The molecule has 0 saturated carbocycles. The molecule has 1 atom stereocenters. The molecule has 1 N–H and O–H groups in total. The van der Waals surface area contributed by atoms with E-state index in [4.69, 9.17) is 5.11 Å². The van der Waals surface area contributed by atoms with Gasteiger partial charge in [0.25, 0.3) is 0 Å². The molecule has 0 spiro atoms. The van der Waals surface area contributed by atoms with Gasteiger partial charge in [-0.25, -0.2) is 0 Å². The van der Waals surface area contributed by atoms with Crippen molar-refractivity contribution >= 4 is 21.6 Å². The monoisotopic (exact) mass is 136 g/mol. The number of aliphatic hydroxyl groups excluding tert-OH is 1. The van der Waals surface area contributed by atoms with E-state index >= 15 is 0 Å². The molecule has 1 heterocycles. The second kappa shape index (κ2) is 2.84. The molecule has 1 aliphatic heterocycles. The first kappa shape index (κ1) is 5.79. The third kappa shape index (κ3) is 1.93. The summed E-state index contributed by atoms with van der Waals surface area (Å²) < 4.78 is 0. The highest BCUT2D eigenvalue weighted by molar-refractivity contribution is 8.76. The SMILES string of the molecule is O[C@H]1CCSSC1. The summed E-state index contributed by atoms with van der Waals surface area (Å²) in [5, 5.41) is 8.88. The molecule has 42 valence electrons. The lowest BCUT2D eigenvalue weighted by molar-refractivity contribution is 0.196. The van der Waals surface area contributed by atoms with Crippen molar-refractivity contribution in [3.05, 3.63) is 0 Å². The average Bonchev–Trinajstić information content (AvgIpc) is 1.69. The van der Waals surface area contributed by atoms with E-state index in [0.717, 1.165) is 17.9 Å². The minimum atomic E-state index is -0.0220. The third-order valence-corrected chi connectivity index (χ3v) is 3.38. The summed E-state index contributed by atoms with van der Waals surface area (Å²) in [6.45, 7) is 0. The van der Waals surface area contributed by atoms with E-state index in [1.807, 2.05) is 10.8 Å². The van der Waals surface area contributed by atoms with E-state index < -0.39 is 0 Å². The highest BCUT2D eigenvalue weighted by atomic mass is 33.1. The van der Waals surface area contributed by atoms with Crippen LogP contribution in [0.15, 0.2) is 0 Å². The summed E-state index contributed by atoms with van der Waals surface area (Å²) in [5.41, 5.74) is 0. The third-order valence-electron chi connectivity index (χ3n) is 0.878. The molecule has 0 bridgehead atoms. The van der Waals surface area contributed by atoms with Gasteiger partial charge in [-0.15, -0.1) is 0 Å². The summed E-state index contributed by atoms with van der Waals surface area (Å²) in [6, 6.07) is 0. The summed E-state index contributed by atoms with van der Waals surface area (Å²) >= 11 is 0. The highest BCUT2D eigenvalue weighted by Gasteiger charge is 2.08. The molecule has 1 fully saturated rings. The Morgan fingerprint density at radius 2 is 2.29 bits per heavy atom. The molecule has 0 aromatic rings. The molecule has 0 radical (unpaired) electrons. The fraction of sp³-hybridized carbons (Fsp3) is 1.00. The molecule has 1 aliphatic rings. The Hall–Kier alpha value is 0.660. The van der Waals surface area contributed by atoms with Crippen molar-refractivity contribution in [2.45, 2.75) is 12.5 Å². The molecule has 0 aromatic carbocycles. The van der Waals surface area contributed by atoms with E-state index in [2.05, 4.69) is 0 Å². The van der Waals surface area contributed by atoms with Gasteiger partial charge >= 0.3 is 0 Å². The van der Waals surface area contributed by atoms with Gasteiger partial charge in [0.05, 0.1) is 6.10 Å². The second-order valence-electron chi connectivity index (χ2n) is 1.55. The minimum Gasteiger partial charge on any atom is -0.392 e. The zero-order chi connectivity index (χ0) is 5.11. The van der Waals surface area contributed by atoms with Gasteiger partial charge in [0, 0.05) is 11.5 Å². The molecule has 0 unspecified atom stereocenters. The van der Waals surface area contributed by atoms with Crippen LogP contribution in [0.5, 0.6) is 0 Å². The van der Waals surface area contributed by atoms with Gasteiger partial charge in [0.15, 0.2) is 0 Å². The zero-order valence-electron chi connectivity index (χ0n) is 3.96. The maximum atomic E-state index is 8.88. The molecular weight excluding hydrogens is 128 g/mol. The topological polar surface area (TPSA) is 20.2 Å². The number of hydrogen-bond acceptors (Lipinski definition) is 3. The van der Waals surface area contributed by atoms with E-state index in [-0.39, 0.29) is 6.10 Å². The fourth-order valence-electron chi connectivity index (χ4n) is 0.453. The molecular formula is C4H8OS2. The van der Waals surface area contributed by atoms with Crippen molar-refractivity contribution in [2.75, 3.05) is 11.5 Å². The van der Waals surface area contributed by atoms with Crippen molar-refractivity contribution in [2.24, 2.45) is 0 Å². The van der Waals surface area contributed by atoms with Crippen LogP contribution < -0.4 is 0 Å². The summed E-state index contributed by atoms with van der Waals surface area (Å²) in [5.74, 6) is 2.04. The van der Waals surface area contributed by atoms with Crippen LogP contribution in [0.3, 0.4) is 0 Å². The Morgan fingerprint density at radius 3 is 2.57 bits per heavy atom. The first-order chi connectivity index (χ1) is 3.39. The summed E-state index contributed by atoms with van der Waals surface area (Å²) in [7, 11) is 3.62. The Morgan fingerprint density at radius 1 is 1.43 bits per heavy atom. The van der Waals surface area contributed by atoms with Crippen LogP contribution in [0.25, 0.3) is 0 Å². The van der Waals surface area contributed by atoms with Crippen LogP contribution in [0.1, 0.15) is 6.42 Å². The molecule has 0 amide bonds. The fourth-order valence-corrected chi connectivity index (χ4v) is 2.76. The van der Waals surface area contributed by atoms with Gasteiger partial charge in [-0.3, -0.25) is 0 Å². The van der Waals surface area contributed by atoms with E-state index in [1.165, 1.54) is 0 Å². The first-order valence-electron chi connectivity index (χ1n) is 2.32. The van der Waals surface area contributed by atoms with Crippen molar-refractivity contribution in [1.82, 2.24) is 0 Å². The number of hydrogen-bond donors (Lipinski definition) is 1. The summed E-state index contributed by atoms with van der Waals surface area (Å²) in [6.07, 6.45) is 0.962. The standard InChI is InChI=1S/C4H8OS2/c5-4-1-2-6-7-3-4/h4-5H,1-3H2/t4-/m0/s1. The van der Waals surface area contributed by atoms with Gasteiger partial charge in [0.2, 0.25) is 0 Å². The predicted octanol–water partition coefficient (Wildman–Crippen LogP) is 1.13. The smallest absolute Gasteiger partial charge is 0.0647 e. The van der Waals surface area contributed by atoms with Crippen molar-refractivity contribution in [1.29, 1.82) is 0 Å². The molecule has 0 aliphatic carbocycles. The van der Waals surface area contributed by atoms with Crippen LogP contribution in [0.2, 0.25) is 0 Å². The normalized spacial score (nSPS) is 33.0. The molecule has 1 saturated heterocycles. The van der Waals surface area contributed by atoms with Crippen LogP contribution >= 0.6 is 21.6 Å². The quantitative estimate of drug-likeness (QED) is 0.504. The van der Waals surface area contributed by atoms with Crippen molar-refractivity contribution in [3.8, 4) is 0 Å². The van der Waals surface area contributed by atoms with Gasteiger partial charge < -0.3 is 5.11 Å². The molecule has 1 rings (SSSR count). The second-order valence-corrected chi connectivity index (χ2v) is 4.18. The average molecular weight is 136 g/mol. The minimum absolute atomic E-state index is 0.0220. The molecule has 3 heteroatoms. The number of rotatable bonds is 0. The lowest BCUT2D eigenvalue weighted by Crippen LogP contribution is -2.13. The summed E-state index contributed by atoms with van der Waals surface area (Å²) in [4.78, 5) is 0. The van der Waals surface area contributed by atoms with E-state index in [0.29, 0.717) is 0 Å². The Balaban J connectivity index is 2.12. The molecule has 7 heavy (non-hydrogen) atoms. The van der Waals surface area contributed by atoms with Crippen LogP contribution in [-0.4, -0.2) is 22.7 Å². The Kier molecular flexibility index (Phi) is 2.35. The van der Waals surface area contributed by atoms with Gasteiger partial charge in [-0.1, -0.05) is 21.6 Å². The largest absolute Gasteiger partial charge is 0.392 e. The predicted molar refractivity (Wildman–Crippen MR) is 35.5 cm³/mol. The number of aliphatic hydroxyl groups is 1.